The van der Waals surface area contributed by atoms with Crippen LogP contribution in [0.3, 0.4) is 0 Å². The van der Waals surface area contributed by atoms with Crippen molar-refractivity contribution in [1.82, 2.24) is 20.3 Å². The molecule has 0 aliphatic carbocycles. The van der Waals surface area contributed by atoms with Crippen LogP contribution in [0.15, 0.2) is 36.7 Å². The summed E-state index contributed by atoms with van der Waals surface area (Å²) in [6.45, 7) is 4.06. The lowest BCUT2D eigenvalue weighted by atomic mass is 9.94. The second kappa shape index (κ2) is 7.46. The van der Waals surface area contributed by atoms with Crippen LogP contribution in [-0.4, -0.2) is 20.9 Å². The molecule has 0 saturated heterocycles. The molecule has 5 nitrogen and oxygen atoms in total. The van der Waals surface area contributed by atoms with Gasteiger partial charge in [0.05, 0.1) is 24.3 Å². The van der Waals surface area contributed by atoms with Crippen LogP contribution in [0.5, 0.6) is 0 Å². The SMILES string of the molecule is CC(C)[C@H](NC(=O)CCn1ccnn1)c1cccc(C(F)(F)F)c1. The molecule has 0 saturated carbocycles. The summed E-state index contributed by atoms with van der Waals surface area (Å²) in [5.74, 6) is -0.301. The first kappa shape index (κ1) is 18.0. The number of alkyl halides is 3. The van der Waals surface area contributed by atoms with E-state index in [9.17, 15) is 18.0 Å². The highest BCUT2D eigenvalue weighted by Gasteiger charge is 2.31. The van der Waals surface area contributed by atoms with Crippen LogP contribution in [0.1, 0.15) is 37.4 Å². The summed E-state index contributed by atoms with van der Waals surface area (Å²) in [5, 5.41) is 10.2. The Morgan fingerprint density at radius 2 is 2.08 bits per heavy atom. The second-order valence-electron chi connectivity index (χ2n) is 5.83. The molecule has 24 heavy (non-hydrogen) atoms. The van der Waals surface area contributed by atoms with Gasteiger partial charge in [-0.3, -0.25) is 9.48 Å². The number of rotatable bonds is 6. The van der Waals surface area contributed by atoms with Gasteiger partial charge in [-0.1, -0.05) is 31.2 Å². The molecule has 8 heteroatoms. The van der Waals surface area contributed by atoms with E-state index < -0.39 is 17.8 Å². The average Bonchev–Trinajstić information content (AvgIpc) is 3.03. The lowest BCUT2D eigenvalue weighted by molar-refractivity contribution is -0.137. The Morgan fingerprint density at radius 1 is 1.33 bits per heavy atom. The smallest absolute Gasteiger partial charge is 0.349 e. The van der Waals surface area contributed by atoms with Gasteiger partial charge in [0.2, 0.25) is 5.91 Å². The minimum Gasteiger partial charge on any atom is -0.349 e. The Balaban J connectivity index is 2.07. The maximum Gasteiger partial charge on any atom is 0.416 e. The van der Waals surface area contributed by atoms with Gasteiger partial charge in [0, 0.05) is 12.6 Å². The lowest BCUT2D eigenvalue weighted by Gasteiger charge is -2.24. The molecule has 0 aliphatic heterocycles. The van der Waals surface area contributed by atoms with Gasteiger partial charge in [0.1, 0.15) is 0 Å². The van der Waals surface area contributed by atoms with Gasteiger partial charge >= 0.3 is 6.18 Å². The van der Waals surface area contributed by atoms with Crippen molar-refractivity contribution < 1.29 is 18.0 Å². The van der Waals surface area contributed by atoms with Gasteiger partial charge in [-0.25, -0.2) is 0 Å². The van der Waals surface area contributed by atoms with E-state index in [2.05, 4.69) is 15.6 Å². The van der Waals surface area contributed by atoms with Crippen LogP contribution >= 0.6 is 0 Å². The summed E-state index contributed by atoms with van der Waals surface area (Å²) >= 11 is 0. The van der Waals surface area contributed by atoms with Gasteiger partial charge in [0.15, 0.2) is 0 Å². The third-order valence-corrected chi connectivity index (χ3v) is 3.60. The highest BCUT2D eigenvalue weighted by molar-refractivity contribution is 5.76. The number of amides is 1. The van der Waals surface area contributed by atoms with Crippen LogP contribution in [0.2, 0.25) is 0 Å². The Morgan fingerprint density at radius 3 is 2.67 bits per heavy atom. The van der Waals surface area contributed by atoms with Crippen molar-refractivity contribution in [2.75, 3.05) is 0 Å². The molecule has 0 spiro atoms. The van der Waals surface area contributed by atoms with Crippen molar-refractivity contribution in [3.63, 3.8) is 0 Å². The van der Waals surface area contributed by atoms with Crippen molar-refractivity contribution in [3.8, 4) is 0 Å². The van der Waals surface area contributed by atoms with E-state index in [0.29, 0.717) is 12.1 Å². The normalized spacial score (nSPS) is 13.1. The summed E-state index contributed by atoms with van der Waals surface area (Å²) in [6, 6.07) is 4.57. The molecule has 1 aromatic carbocycles. The Labute approximate surface area is 137 Å². The zero-order valence-corrected chi connectivity index (χ0v) is 13.4. The number of halogens is 3. The van der Waals surface area contributed by atoms with Crippen molar-refractivity contribution in [2.24, 2.45) is 5.92 Å². The van der Waals surface area contributed by atoms with Crippen molar-refractivity contribution in [3.05, 3.63) is 47.8 Å². The van der Waals surface area contributed by atoms with Crippen molar-refractivity contribution in [2.45, 2.75) is 39.0 Å². The molecule has 0 fully saturated rings. The number of hydrogen-bond donors (Lipinski definition) is 1. The van der Waals surface area contributed by atoms with E-state index >= 15 is 0 Å². The molecular formula is C16H19F3N4O. The zero-order chi connectivity index (χ0) is 17.7. The number of aromatic nitrogens is 3. The number of nitrogens with one attached hydrogen (secondary N) is 1. The lowest BCUT2D eigenvalue weighted by Crippen LogP contribution is -2.32. The first-order valence-corrected chi connectivity index (χ1v) is 7.58. The third-order valence-electron chi connectivity index (χ3n) is 3.60. The molecule has 0 radical (unpaired) electrons. The predicted molar refractivity (Wildman–Crippen MR) is 81.8 cm³/mol. The topological polar surface area (TPSA) is 59.8 Å². The van der Waals surface area contributed by atoms with Gasteiger partial charge < -0.3 is 5.32 Å². The summed E-state index contributed by atoms with van der Waals surface area (Å²) in [4.78, 5) is 12.1. The minimum atomic E-state index is -4.41. The van der Waals surface area contributed by atoms with Crippen LogP contribution in [-0.2, 0) is 17.5 Å². The largest absolute Gasteiger partial charge is 0.416 e. The van der Waals surface area contributed by atoms with E-state index in [0.717, 1.165) is 12.1 Å². The fourth-order valence-electron chi connectivity index (χ4n) is 2.36. The third kappa shape index (κ3) is 4.81. The van der Waals surface area contributed by atoms with Gasteiger partial charge in [-0.15, -0.1) is 5.10 Å². The standard InChI is InChI=1S/C16H19F3N4O/c1-11(2)15(12-4-3-5-13(10-12)16(17,18)19)21-14(24)6-8-23-9-7-20-22-23/h3-5,7,9-11,15H,6,8H2,1-2H3,(H,21,24)/t15-/m0/s1. The van der Waals surface area contributed by atoms with E-state index in [1.807, 2.05) is 13.8 Å². The molecule has 2 rings (SSSR count). The van der Waals surface area contributed by atoms with Crippen molar-refractivity contribution >= 4 is 5.91 Å². The highest BCUT2D eigenvalue weighted by atomic mass is 19.4. The van der Waals surface area contributed by atoms with Crippen molar-refractivity contribution in [1.29, 1.82) is 0 Å². The van der Waals surface area contributed by atoms with E-state index in [1.165, 1.54) is 16.9 Å². The average molecular weight is 340 g/mol. The molecule has 130 valence electrons. The number of carbonyl (C=O) groups excluding carboxylic acids is 1. The highest BCUT2D eigenvalue weighted by Crippen LogP contribution is 2.32. The Bertz CT molecular complexity index is 668. The fourth-order valence-corrected chi connectivity index (χ4v) is 2.36. The summed E-state index contributed by atoms with van der Waals surface area (Å²) in [7, 11) is 0. The Kier molecular flexibility index (Phi) is 5.58. The second-order valence-corrected chi connectivity index (χ2v) is 5.83. The molecule has 1 aromatic heterocycles. The van der Waals surface area contributed by atoms with Crippen LogP contribution in [0, 0.1) is 5.92 Å². The molecule has 0 bridgehead atoms. The zero-order valence-electron chi connectivity index (χ0n) is 13.4. The maximum absolute atomic E-state index is 12.9. The van der Waals surface area contributed by atoms with E-state index in [4.69, 9.17) is 0 Å². The molecule has 2 aromatic rings. The van der Waals surface area contributed by atoms with Gasteiger partial charge in [-0.05, 0) is 23.6 Å². The van der Waals surface area contributed by atoms with Crippen LogP contribution < -0.4 is 5.32 Å². The minimum absolute atomic E-state index is 0.0520. The van der Waals surface area contributed by atoms with Gasteiger partial charge in [0.25, 0.3) is 0 Å². The van der Waals surface area contributed by atoms with E-state index in [-0.39, 0.29) is 18.2 Å². The quantitative estimate of drug-likeness (QED) is 0.878. The summed E-state index contributed by atoms with van der Waals surface area (Å²) < 4.78 is 40.1. The molecule has 0 unspecified atom stereocenters. The number of nitrogens with zero attached hydrogens (tertiary/aromatic N) is 3. The first-order chi connectivity index (χ1) is 11.3. The molecule has 1 N–H and O–H groups in total. The molecule has 0 aliphatic rings. The fraction of sp³-hybridized carbons (Fsp3) is 0.438. The first-order valence-electron chi connectivity index (χ1n) is 7.58. The Hall–Kier alpha value is -2.38. The van der Waals surface area contributed by atoms with Crippen LogP contribution in [0.25, 0.3) is 0 Å². The molecular weight excluding hydrogens is 321 g/mol. The van der Waals surface area contributed by atoms with Gasteiger partial charge in [-0.2, -0.15) is 13.2 Å². The number of hydrogen-bond acceptors (Lipinski definition) is 3. The number of benzene rings is 1. The number of carbonyl (C=O) groups is 1. The van der Waals surface area contributed by atoms with E-state index in [1.54, 1.807) is 12.3 Å². The molecule has 1 amide bonds. The molecule has 1 heterocycles. The summed E-state index contributed by atoms with van der Waals surface area (Å²) in [5.41, 5.74) is -0.281. The monoisotopic (exact) mass is 340 g/mol. The van der Waals surface area contributed by atoms with Crippen LogP contribution in [0.4, 0.5) is 13.2 Å². The number of aryl methyl sites for hydroxylation is 1. The predicted octanol–water partition coefficient (Wildman–Crippen LogP) is 3.20. The maximum atomic E-state index is 12.9. The molecule has 1 atom stereocenters. The summed E-state index contributed by atoms with van der Waals surface area (Å²) in [6.07, 6.45) is -1.09.